The van der Waals surface area contributed by atoms with E-state index in [4.69, 9.17) is 5.11 Å². The molecule has 1 saturated heterocycles. The maximum Gasteiger partial charge on any atom is 0.317 e. The topological polar surface area (TPSA) is 61.6 Å². The fourth-order valence-corrected chi connectivity index (χ4v) is 2.25. The van der Waals surface area contributed by atoms with E-state index in [-0.39, 0.29) is 6.54 Å². The molecule has 1 aliphatic heterocycles. The number of carboxylic acids is 1. The molecule has 1 N–H and O–H groups in total. The van der Waals surface area contributed by atoms with Crippen LogP contribution in [0.4, 0.5) is 0 Å². The molecule has 18 heavy (non-hydrogen) atoms. The summed E-state index contributed by atoms with van der Waals surface area (Å²) in [5.41, 5.74) is 1.26. The normalized spacial score (nSPS) is 18.1. The highest BCUT2D eigenvalue weighted by Crippen LogP contribution is 2.04. The van der Waals surface area contributed by atoms with Gasteiger partial charge in [-0.25, -0.2) is 0 Å². The first-order valence-corrected chi connectivity index (χ1v) is 6.27. The van der Waals surface area contributed by atoms with Crippen LogP contribution < -0.4 is 0 Å². The van der Waals surface area contributed by atoms with Crippen molar-refractivity contribution in [3.63, 3.8) is 0 Å². The highest BCUT2D eigenvalue weighted by molar-refractivity contribution is 5.69. The molecule has 0 aromatic carbocycles. The molecule has 6 nitrogen and oxygen atoms in total. The van der Waals surface area contributed by atoms with Crippen LogP contribution in [0.3, 0.4) is 0 Å². The Morgan fingerprint density at radius 3 is 2.56 bits per heavy atom. The lowest BCUT2D eigenvalue weighted by molar-refractivity contribution is -0.138. The molecule has 0 atom stereocenters. The van der Waals surface area contributed by atoms with E-state index in [1.807, 2.05) is 29.0 Å². The number of piperazine rings is 1. The minimum Gasteiger partial charge on any atom is -0.480 e. The van der Waals surface area contributed by atoms with Crippen molar-refractivity contribution in [1.82, 2.24) is 19.6 Å². The Morgan fingerprint density at radius 2 is 2.00 bits per heavy atom. The van der Waals surface area contributed by atoms with Gasteiger partial charge >= 0.3 is 5.97 Å². The van der Waals surface area contributed by atoms with Gasteiger partial charge in [0.1, 0.15) is 0 Å². The van der Waals surface area contributed by atoms with Crippen molar-refractivity contribution in [2.45, 2.75) is 6.42 Å². The van der Waals surface area contributed by atoms with Crippen molar-refractivity contribution in [2.24, 2.45) is 7.05 Å². The number of aryl methyl sites for hydroxylation is 1. The zero-order chi connectivity index (χ0) is 13.0. The summed E-state index contributed by atoms with van der Waals surface area (Å²) in [6.45, 7) is 4.78. The number of aliphatic carboxylic acids is 1. The van der Waals surface area contributed by atoms with Crippen molar-refractivity contribution in [3.05, 3.63) is 18.0 Å². The lowest BCUT2D eigenvalue weighted by atomic mass is 10.2. The van der Waals surface area contributed by atoms with Gasteiger partial charge in [-0.1, -0.05) is 0 Å². The van der Waals surface area contributed by atoms with Crippen molar-refractivity contribution in [3.8, 4) is 0 Å². The average molecular weight is 252 g/mol. The fourth-order valence-electron chi connectivity index (χ4n) is 2.25. The van der Waals surface area contributed by atoms with Crippen LogP contribution in [0.15, 0.2) is 12.4 Å². The second-order valence-corrected chi connectivity index (χ2v) is 4.78. The van der Waals surface area contributed by atoms with E-state index < -0.39 is 5.97 Å². The largest absolute Gasteiger partial charge is 0.480 e. The fraction of sp³-hybridized carbons (Fsp3) is 0.667. The van der Waals surface area contributed by atoms with Gasteiger partial charge in [-0.15, -0.1) is 0 Å². The van der Waals surface area contributed by atoms with Gasteiger partial charge in [-0.3, -0.25) is 14.4 Å². The van der Waals surface area contributed by atoms with Gasteiger partial charge < -0.3 is 10.0 Å². The zero-order valence-electron chi connectivity index (χ0n) is 10.7. The molecule has 0 aliphatic carbocycles. The molecule has 0 amide bonds. The lowest BCUT2D eigenvalue weighted by Gasteiger charge is -2.33. The third kappa shape index (κ3) is 3.82. The Hall–Kier alpha value is -1.40. The molecule has 2 rings (SSSR count). The number of carboxylic acid groups (broad SMARTS) is 1. The van der Waals surface area contributed by atoms with Crippen molar-refractivity contribution in [2.75, 3.05) is 39.3 Å². The van der Waals surface area contributed by atoms with Crippen molar-refractivity contribution >= 4 is 5.97 Å². The van der Waals surface area contributed by atoms with Crippen LogP contribution in [0.5, 0.6) is 0 Å². The summed E-state index contributed by atoms with van der Waals surface area (Å²) in [5, 5.41) is 12.9. The summed E-state index contributed by atoms with van der Waals surface area (Å²) in [7, 11) is 1.92. The Kier molecular flexibility index (Phi) is 4.33. The summed E-state index contributed by atoms with van der Waals surface area (Å²) in [6, 6.07) is 0. The number of hydrogen-bond donors (Lipinski definition) is 1. The highest BCUT2D eigenvalue weighted by atomic mass is 16.4. The Morgan fingerprint density at radius 1 is 1.33 bits per heavy atom. The van der Waals surface area contributed by atoms with Gasteiger partial charge in [-0.05, 0) is 12.0 Å². The maximum atomic E-state index is 10.6. The first-order chi connectivity index (χ1) is 8.63. The first-order valence-electron chi connectivity index (χ1n) is 6.27. The molecule has 100 valence electrons. The van der Waals surface area contributed by atoms with Crippen LogP contribution in [-0.4, -0.2) is 69.9 Å². The second kappa shape index (κ2) is 5.97. The third-order valence-electron chi connectivity index (χ3n) is 3.30. The summed E-state index contributed by atoms with van der Waals surface area (Å²) >= 11 is 0. The number of nitrogens with zero attached hydrogens (tertiary/aromatic N) is 4. The van der Waals surface area contributed by atoms with Gasteiger partial charge in [0.15, 0.2) is 0 Å². The molecule has 1 aromatic heterocycles. The highest BCUT2D eigenvalue weighted by Gasteiger charge is 2.18. The summed E-state index contributed by atoms with van der Waals surface area (Å²) in [5.74, 6) is -0.737. The van der Waals surface area contributed by atoms with E-state index in [9.17, 15) is 4.79 Å². The van der Waals surface area contributed by atoms with Gasteiger partial charge in [0, 0.05) is 46.0 Å². The Bertz CT molecular complexity index is 397. The van der Waals surface area contributed by atoms with Gasteiger partial charge in [-0.2, -0.15) is 5.10 Å². The molecule has 6 heteroatoms. The monoisotopic (exact) mass is 252 g/mol. The molecule has 1 aromatic rings. The molecule has 0 spiro atoms. The Balaban J connectivity index is 1.69. The smallest absolute Gasteiger partial charge is 0.317 e. The predicted octanol–water partition coefficient (Wildman–Crippen LogP) is -0.335. The summed E-state index contributed by atoms with van der Waals surface area (Å²) in [6.07, 6.45) is 4.95. The van der Waals surface area contributed by atoms with Crippen LogP contribution in [0, 0.1) is 0 Å². The van der Waals surface area contributed by atoms with E-state index in [1.165, 1.54) is 5.56 Å². The quantitative estimate of drug-likeness (QED) is 0.777. The molecule has 0 radical (unpaired) electrons. The number of carbonyl (C=O) groups is 1. The molecule has 0 saturated carbocycles. The van der Waals surface area contributed by atoms with Gasteiger partial charge in [0.2, 0.25) is 0 Å². The van der Waals surface area contributed by atoms with Crippen LogP contribution in [-0.2, 0) is 18.3 Å². The van der Waals surface area contributed by atoms with Crippen LogP contribution in [0.1, 0.15) is 5.56 Å². The first kappa shape index (κ1) is 13.0. The summed E-state index contributed by atoms with van der Waals surface area (Å²) in [4.78, 5) is 15.0. The zero-order valence-corrected chi connectivity index (χ0v) is 10.7. The van der Waals surface area contributed by atoms with Crippen LogP contribution in [0.2, 0.25) is 0 Å². The number of aromatic nitrogens is 2. The third-order valence-corrected chi connectivity index (χ3v) is 3.30. The number of rotatable bonds is 5. The van der Waals surface area contributed by atoms with Crippen molar-refractivity contribution in [1.29, 1.82) is 0 Å². The molecular formula is C12H20N4O2. The van der Waals surface area contributed by atoms with Gasteiger partial charge in [0.05, 0.1) is 12.7 Å². The lowest BCUT2D eigenvalue weighted by Crippen LogP contribution is -2.48. The minimum atomic E-state index is -0.737. The molecular weight excluding hydrogens is 232 g/mol. The second-order valence-electron chi connectivity index (χ2n) is 4.78. The predicted molar refractivity (Wildman–Crippen MR) is 67.4 cm³/mol. The maximum absolute atomic E-state index is 10.6. The van der Waals surface area contributed by atoms with E-state index in [1.54, 1.807) is 0 Å². The van der Waals surface area contributed by atoms with E-state index in [2.05, 4.69) is 10.00 Å². The standard InChI is InChI=1S/C12H20N4O2/c1-14-9-11(8-13-14)2-3-15-4-6-16(7-5-15)10-12(17)18/h8-9H,2-7,10H2,1H3,(H,17,18). The average Bonchev–Trinajstić information content (AvgIpc) is 2.74. The van der Waals surface area contributed by atoms with Crippen LogP contribution in [0.25, 0.3) is 0 Å². The molecule has 1 aliphatic rings. The molecule has 0 unspecified atom stereocenters. The number of hydrogen-bond acceptors (Lipinski definition) is 4. The molecule has 0 bridgehead atoms. The molecule has 2 heterocycles. The van der Waals surface area contributed by atoms with Gasteiger partial charge in [0.25, 0.3) is 0 Å². The SMILES string of the molecule is Cn1cc(CCN2CCN(CC(=O)O)CC2)cn1. The minimum absolute atomic E-state index is 0.163. The van der Waals surface area contributed by atoms with E-state index in [0.717, 1.165) is 39.1 Å². The Labute approximate surface area is 107 Å². The van der Waals surface area contributed by atoms with Crippen LogP contribution >= 0.6 is 0 Å². The van der Waals surface area contributed by atoms with E-state index >= 15 is 0 Å². The summed E-state index contributed by atoms with van der Waals surface area (Å²) < 4.78 is 1.82. The van der Waals surface area contributed by atoms with E-state index in [0.29, 0.717) is 0 Å². The molecule has 1 fully saturated rings. The van der Waals surface area contributed by atoms with Crippen molar-refractivity contribution < 1.29 is 9.90 Å².